The van der Waals surface area contributed by atoms with Gasteiger partial charge in [0, 0.05) is 5.69 Å². The summed E-state index contributed by atoms with van der Waals surface area (Å²) in [5.41, 5.74) is 3.79. The molecule has 1 aliphatic rings. The number of ether oxygens (including phenoxy) is 1. The van der Waals surface area contributed by atoms with Gasteiger partial charge in [0.1, 0.15) is 5.75 Å². The van der Waals surface area contributed by atoms with Crippen LogP contribution in [0.15, 0.2) is 47.6 Å². The van der Waals surface area contributed by atoms with Gasteiger partial charge >= 0.3 is 6.18 Å². The van der Waals surface area contributed by atoms with Crippen LogP contribution in [-0.4, -0.2) is 23.3 Å². The normalized spacial score (nSPS) is 13.9. The molecule has 6 nitrogen and oxygen atoms in total. The summed E-state index contributed by atoms with van der Waals surface area (Å²) in [6.45, 7) is 1.68. The van der Waals surface area contributed by atoms with Crippen LogP contribution in [0.4, 0.5) is 24.5 Å². The van der Waals surface area contributed by atoms with Crippen molar-refractivity contribution in [2.75, 3.05) is 17.2 Å². The Labute approximate surface area is 163 Å². The first-order valence-electron chi connectivity index (χ1n) is 8.08. The van der Waals surface area contributed by atoms with E-state index in [2.05, 4.69) is 21.2 Å². The second-order valence-corrected chi connectivity index (χ2v) is 6.30. The van der Waals surface area contributed by atoms with E-state index >= 15 is 0 Å². The Kier molecular flexibility index (Phi) is 5.50. The highest BCUT2D eigenvalue weighted by molar-refractivity contribution is 7.80. The van der Waals surface area contributed by atoms with Gasteiger partial charge in [0.2, 0.25) is 0 Å². The topological polar surface area (TPSA) is 74.8 Å². The van der Waals surface area contributed by atoms with Gasteiger partial charge in [-0.3, -0.25) is 10.2 Å². The number of thiocarbonyl (C=S) groups is 1. The Morgan fingerprint density at radius 1 is 1.25 bits per heavy atom. The zero-order valence-electron chi connectivity index (χ0n) is 14.6. The number of fused-ring (bicyclic) bond motifs is 1. The fraction of sp³-hybridized carbons (Fsp3) is 0.167. The van der Waals surface area contributed by atoms with Crippen molar-refractivity contribution in [2.24, 2.45) is 5.10 Å². The lowest BCUT2D eigenvalue weighted by molar-refractivity contribution is -0.137. The zero-order chi connectivity index (χ0) is 20.3. The second kappa shape index (κ2) is 7.85. The molecule has 1 aliphatic heterocycles. The molecule has 0 radical (unpaired) electrons. The largest absolute Gasteiger partial charge is 0.482 e. The van der Waals surface area contributed by atoms with Crippen LogP contribution in [0.3, 0.4) is 0 Å². The third kappa shape index (κ3) is 4.77. The summed E-state index contributed by atoms with van der Waals surface area (Å²) in [6.07, 6.45) is -4.44. The number of benzene rings is 2. The number of hydrogen-bond acceptors (Lipinski definition) is 4. The molecule has 0 atom stereocenters. The number of amides is 1. The average molecular weight is 408 g/mol. The van der Waals surface area contributed by atoms with Gasteiger partial charge in [0.05, 0.1) is 17.0 Å². The highest BCUT2D eigenvalue weighted by Gasteiger charge is 2.30. The molecule has 0 saturated heterocycles. The predicted molar refractivity (Wildman–Crippen MR) is 104 cm³/mol. The van der Waals surface area contributed by atoms with Crippen LogP contribution in [0.5, 0.6) is 5.75 Å². The zero-order valence-corrected chi connectivity index (χ0v) is 15.4. The van der Waals surface area contributed by atoms with E-state index < -0.39 is 11.7 Å². The van der Waals surface area contributed by atoms with Crippen LogP contribution in [0.1, 0.15) is 18.1 Å². The maximum absolute atomic E-state index is 12.8. The van der Waals surface area contributed by atoms with Gasteiger partial charge in [0.25, 0.3) is 5.91 Å². The van der Waals surface area contributed by atoms with Crippen LogP contribution in [0, 0.1) is 0 Å². The second-order valence-electron chi connectivity index (χ2n) is 5.89. The summed E-state index contributed by atoms with van der Waals surface area (Å²) in [6, 6.07) is 9.86. The number of carbonyl (C=O) groups excluding carboxylic acids is 1. The Morgan fingerprint density at radius 3 is 2.79 bits per heavy atom. The Hall–Kier alpha value is -3.14. The number of carbonyl (C=O) groups is 1. The van der Waals surface area contributed by atoms with Crippen LogP contribution in [0.2, 0.25) is 0 Å². The van der Waals surface area contributed by atoms with Crippen molar-refractivity contribution in [2.45, 2.75) is 13.1 Å². The summed E-state index contributed by atoms with van der Waals surface area (Å²) in [5, 5.41) is 9.51. The minimum atomic E-state index is -4.44. The number of anilines is 2. The number of halogens is 3. The monoisotopic (exact) mass is 408 g/mol. The first kappa shape index (κ1) is 19.6. The molecule has 0 fully saturated rings. The molecule has 1 heterocycles. The third-order valence-electron chi connectivity index (χ3n) is 3.80. The molecule has 2 aromatic carbocycles. The van der Waals surface area contributed by atoms with Gasteiger partial charge in [-0.05, 0) is 61.1 Å². The smallest absolute Gasteiger partial charge is 0.416 e. The summed E-state index contributed by atoms with van der Waals surface area (Å²) in [4.78, 5) is 11.4. The van der Waals surface area contributed by atoms with Crippen molar-refractivity contribution in [3.05, 3.63) is 53.6 Å². The number of nitrogens with one attached hydrogen (secondary N) is 3. The molecule has 0 saturated carbocycles. The van der Waals surface area contributed by atoms with Gasteiger partial charge in [-0.15, -0.1) is 0 Å². The van der Waals surface area contributed by atoms with Gasteiger partial charge in [-0.1, -0.05) is 6.07 Å². The summed E-state index contributed by atoms with van der Waals surface area (Å²) in [5.74, 6) is 0.315. The van der Waals surface area contributed by atoms with E-state index in [0.717, 1.165) is 12.1 Å². The van der Waals surface area contributed by atoms with Crippen molar-refractivity contribution in [1.82, 2.24) is 5.43 Å². The summed E-state index contributed by atoms with van der Waals surface area (Å²) in [7, 11) is 0. The lowest BCUT2D eigenvalue weighted by atomic mass is 10.1. The van der Waals surface area contributed by atoms with Gasteiger partial charge < -0.3 is 15.4 Å². The minimum Gasteiger partial charge on any atom is -0.482 e. The molecule has 28 heavy (non-hydrogen) atoms. The van der Waals surface area contributed by atoms with Crippen LogP contribution in [-0.2, 0) is 11.0 Å². The molecule has 3 N–H and O–H groups in total. The van der Waals surface area contributed by atoms with E-state index in [1.165, 1.54) is 12.1 Å². The number of nitrogens with zero attached hydrogens (tertiary/aromatic N) is 1. The number of hydrogen-bond donors (Lipinski definition) is 3. The molecule has 0 unspecified atom stereocenters. The molecule has 3 rings (SSSR count). The molecular formula is C18H15F3N4O2S. The Bertz CT molecular complexity index is 960. The van der Waals surface area contributed by atoms with Crippen molar-refractivity contribution < 1.29 is 22.7 Å². The Balaban J connectivity index is 1.66. The van der Waals surface area contributed by atoms with Crippen LogP contribution in [0.25, 0.3) is 0 Å². The maximum atomic E-state index is 12.8. The first-order valence-corrected chi connectivity index (χ1v) is 8.49. The first-order chi connectivity index (χ1) is 13.2. The fourth-order valence-electron chi connectivity index (χ4n) is 2.44. The lowest BCUT2D eigenvalue weighted by Gasteiger charge is -2.18. The van der Waals surface area contributed by atoms with E-state index in [1.54, 1.807) is 25.1 Å². The third-order valence-corrected chi connectivity index (χ3v) is 4.00. The summed E-state index contributed by atoms with van der Waals surface area (Å²) < 4.78 is 43.6. The number of hydrazone groups is 1. The fourth-order valence-corrected chi connectivity index (χ4v) is 2.60. The number of rotatable bonds is 3. The van der Waals surface area contributed by atoms with Crippen molar-refractivity contribution in [3.63, 3.8) is 0 Å². The molecular weight excluding hydrogens is 393 g/mol. The van der Waals surface area contributed by atoms with E-state index in [4.69, 9.17) is 17.0 Å². The molecule has 0 aromatic heterocycles. The standard InChI is InChI=1S/C18H15F3N4O2S/c1-10(11-5-6-15-14(7-11)23-16(26)9-27-15)24-25-17(28)22-13-4-2-3-12(8-13)18(19,20)21/h2-8H,9H2,1H3,(H,23,26)(H2,22,25,28)/b24-10-. The highest BCUT2D eigenvalue weighted by Crippen LogP contribution is 2.31. The quantitative estimate of drug-likeness (QED) is 0.410. The minimum absolute atomic E-state index is 0.0313. The maximum Gasteiger partial charge on any atom is 0.416 e. The lowest BCUT2D eigenvalue weighted by Crippen LogP contribution is -2.26. The molecule has 0 aliphatic carbocycles. The van der Waals surface area contributed by atoms with E-state index in [9.17, 15) is 18.0 Å². The van der Waals surface area contributed by atoms with Crippen molar-refractivity contribution in [1.29, 1.82) is 0 Å². The number of alkyl halides is 3. The summed E-state index contributed by atoms with van der Waals surface area (Å²) >= 11 is 5.07. The SMILES string of the molecule is C/C(=N/NC(=S)Nc1cccc(C(F)(F)F)c1)c1ccc2c(c1)NC(=O)CO2. The van der Waals surface area contributed by atoms with E-state index in [-0.39, 0.29) is 23.3 Å². The molecule has 10 heteroatoms. The van der Waals surface area contributed by atoms with E-state index in [1.807, 2.05) is 0 Å². The molecule has 0 bridgehead atoms. The van der Waals surface area contributed by atoms with Gasteiger partial charge in [-0.25, -0.2) is 0 Å². The molecule has 1 amide bonds. The van der Waals surface area contributed by atoms with Gasteiger partial charge in [0.15, 0.2) is 11.7 Å². The van der Waals surface area contributed by atoms with Crippen LogP contribution >= 0.6 is 12.2 Å². The molecule has 146 valence electrons. The average Bonchev–Trinajstić information content (AvgIpc) is 2.65. The van der Waals surface area contributed by atoms with Gasteiger partial charge in [-0.2, -0.15) is 18.3 Å². The Morgan fingerprint density at radius 2 is 2.04 bits per heavy atom. The van der Waals surface area contributed by atoms with E-state index in [0.29, 0.717) is 22.7 Å². The molecule has 2 aromatic rings. The van der Waals surface area contributed by atoms with Crippen LogP contribution < -0.4 is 20.8 Å². The van der Waals surface area contributed by atoms with Crippen molar-refractivity contribution >= 4 is 40.3 Å². The predicted octanol–water partition coefficient (Wildman–Crippen LogP) is 3.75. The highest BCUT2D eigenvalue weighted by atomic mass is 32.1. The molecule has 0 spiro atoms. The van der Waals surface area contributed by atoms with Crippen molar-refractivity contribution in [3.8, 4) is 5.75 Å².